The van der Waals surface area contributed by atoms with Crippen molar-refractivity contribution < 1.29 is 13.2 Å². The van der Waals surface area contributed by atoms with Gasteiger partial charge < -0.3 is 10.6 Å². The Morgan fingerprint density at radius 2 is 1.89 bits per heavy atom. The number of hydrogen-bond donors (Lipinski definition) is 3. The number of rotatable bonds is 4. The van der Waals surface area contributed by atoms with Crippen LogP contribution in [-0.2, 0) is 14.8 Å². The number of nitrogens with one attached hydrogen (secondary N) is 3. The maximum absolute atomic E-state index is 13.1. The molecule has 3 unspecified atom stereocenters. The molecule has 4 rings (SSSR count). The molecule has 3 fully saturated rings. The first-order chi connectivity index (χ1) is 12.8. The van der Waals surface area contributed by atoms with Crippen LogP contribution in [0.2, 0.25) is 0 Å². The average Bonchev–Trinajstić information content (AvgIpc) is 3.16. The second-order valence-electron chi connectivity index (χ2n) is 8.28. The molecule has 8 nitrogen and oxygen atoms in total. The summed E-state index contributed by atoms with van der Waals surface area (Å²) in [7, 11) is -3.64. The van der Waals surface area contributed by atoms with Crippen molar-refractivity contribution in [2.45, 2.75) is 75.4 Å². The summed E-state index contributed by atoms with van der Waals surface area (Å²) in [6.45, 7) is 4.10. The Balaban J connectivity index is 1.42. The molecule has 0 radical (unpaired) electrons. The average molecular weight is 396 g/mol. The fourth-order valence-corrected chi connectivity index (χ4v) is 6.77. The lowest BCUT2D eigenvalue weighted by Crippen LogP contribution is -2.51. The van der Waals surface area contributed by atoms with Gasteiger partial charge in [-0.1, -0.05) is 0 Å². The van der Waals surface area contributed by atoms with Gasteiger partial charge in [-0.15, -0.1) is 0 Å². The molecule has 9 heteroatoms. The minimum Gasteiger partial charge on any atom is -0.353 e. The monoisotopic (exact) mass is 395 g/mol. The quantitative estimate of drug-likeness (QED) is 0.700. The number of amides is 1. The van der Waals surface area contributed by atoms with Gasteiger partial charge in [0.2, 0.25) is 15.9 Å². The third-order valence-corrected chi connectivity index (χ3v) is 8.36. The molecule has 3 aliphatic rings. The summed E-state index contributed by atoms with van der Waals surface area (Å²) in [5.74, 6) is -0.282. The van der Waals surface area contributed by atoms with Gasteiger partial charge in [0.05, 0.1) is 17.3 Å². The molecule has 0 aliphatic carbocycles. The first-order valence-electron chi connectivity index (χ1n) is 9.92. The van der Waals surface area contributed by atoms with Gasteiger partial charge >= 0.3 is 0 Å². The number of piperidine rings is 2. The predicted molar refractivity (Wildman–Crippen MR) is 101 cm³/mol. The minimum atomic E-state index is -3.64. The number of fused-ring (bicyclic) bond motifs is 2. The van der Waals surface area contributed by atoms with Gasteiger partial charge in [0, 0.05) is 31.2 Å². The topological polar surface area (TPSA) is 107 Å². The smallest absolute Gasteiger partial charge is 0.246 e. The molecule has 0 aromatic carbocycles. The molecule has 1 amide bonds. The van der Waals surface area contributed by atoms with E-state index in [0.717, 1.165) is 19.3 Å². The van der Waals surface area contributed by atoms with Crippen LogP contribution >= 0.6 is 0 Å². The van der Waals surface area contributed by atoms with Gasteiger partial charge in [-0.2, -0.15) is 9.40 Å². The number of H-pyrrole nitrogens is 1. The van der Waals surface area contributed by atoms with Crippen LogP contribution < -0.4 is 10.6 Å². The molecule has 3 atom stereocenters. The van der Waals surface area contributed by atoms with Crippen molar-refractivity contribution in [2.24, 2.45) is 5.92 Å². The third kappa shape index (κ3) is 3.64. The highest BCUT2D eigenvalue weighted by Crippen LogP contribution is 2.29. The van der Waals surface area contributed by atoms with Gasteiger partial charge in [0.15, 0.2) is 0 Å². The van der Waals surface area contributed by atoms with E-state index < -0.39 is 10.0 Å². The predicted octanol–water partition coefficient (Wildman–Crippen LogP) is 0.826. The van der Waals surface area contributed by atoms with Crippen molar-refractivity contribution in [2.75, 3.05) is 13.1 Å². The number of sulfonamides is 1. The molecule has 0 spiro atoms. The SMILES string of the molecule is Cc1n[nH]c(C)c1S(=O)(=O)N1CCCC(C(=O)NC2CC3CCC(C2)N3)C1. The van der Waals surface area contributed by atoms with Gasteiger partial charge in [-0.25, -0.2) is 8.42 Å². The van der Waals surface area contributed by atoms with Crippen LogP contribution in [0.25, 0.3) is 0 Å². The summed E-state index contributed by atoms with van der Waals surface area (Å²) in [4.78, 5) is 13.1. The lowest BCUT2D eigenvalue weighted by Gasteiger charge is -2.34. The van der Waals surface area contributed by atoms with Crippen molar-refractivity contribution in [1.29, 1.82) is 0 Å². The van der Waals surface area contributed by atoms with E-state index in [1.165, 1.54) is 17.1 Å². The molecular weight excluding hydrogens is 366 g/mol. The summed E-state index contributed by atoms with van der Waals surface area (Å²) in [6, 6.07) is 1.25. The zero-order valence-corrected chi connectivity index (χ0v) is 16.8. The second-order valence-corrected chi connectivity index (χ2v) is 10.2. The normalized spacial score (nSPS) is 31.8. The first kappa shape index (κ1) is 18.9. The Morgan fingerprint density at radius 3 is 2.52 bits per heavy atom. The second kappa shape index (κ2) is 7.18. The number of hydrogen-bond acceptors (Lipinski definition) is 5. The maximum Gasteiger partial charge on any atom is 0.246 e. The van der Waals surface area contributed by atoms with Crippen molar-refractivity contribution >= 4 is 15.9 Å². The van der Waals surface area contributed by atoms with E-state index in [9.17, 15) is 13.2 Å². The Bertz CT molecular complexity index is 789. The number of nitrogens with zero attached hydrogens (tertiary/aromatic N) is 2. The van der Waals surface area contributed by atoms with Crippen molar-refractivity contribution in [3.8, 4) is 0 Å². The van der Waals surface area contributed by atoms with Crippen LogP contribution in [0, 0.1) is 19.8 Å². The highest BCUT2D eigenvalue weighted by atomic mass is 32.2. The van der Waals surface area contributed by atoms with Crippen molar-refractivity contribution in [3.63, 3.8) is 0 Å². The van der Waals surface area contributed by atoms with E-state index in [1.807, 2.05) is 0 Å². The van der Waals surface area contributed by atoms with Gasteiger partial charge in [-0.3, -0.25) is 9.89 Å². The molecule has 1 aromatic rings. The fraction of sp³-hybridized carbons (Fsp3) is 0.778. The largest absolute Gasteiger partial charge is 0.353 e. The number of aromatic amines is 1. The Hall–Kier alpha value is -1.45. The van der Waals surface area contributed by atoms with Gasteiger partial charge in [0.1, 0.15) is 4.90 Å². The number of carbonyl (C=O) groups excluding carboxylic acids is 1. The molecule has 2 bridgehead atoms. The number of aromatic nitrogens is 2. The highest BCUT2D eigenvalue weighted by molar-refractivity contribution is 7.89. The zero-order chi connectivity index (χ0) is 19.2. The highest BCUT2D eigenvalue weighted by Gasteiger charge is 2.38. The van der Waals surface area contributed by atoms with E-state index in [2.05, 4.69) is 20.8 Å². The molecule has 150 valence electrons. The number of carbonyl (C=O) groups is 1. The van der Waals surface area contributed by atoms with Crippen LogP contribution in [0.15, 0.2) is 4.90 Å². The van der Waals surface area contributed by atoms with Crippen molar-refractivity contribution in [1.82, 2.24) is 25.1 Å². The summed E-state index contributed by atoms with van der Waals surface area (Å²) in [5.41, 5.74) is 1.02. The van der Waals surface area contributed by atoms with Crippen LogP contribution in [0.4, 0.5) is 0 Å². The molecule has 4 heterocycles. The molecule has 0 saturated carbocycles. The lowest BCUT2D eigenvalue weighted by molar-refractivity contribution is -0.127. The molecule has 3 N–H and O–H groups in total. The van der Waals surface area contributed by atoms with Crippen molar-refractivity contribution in [3.05, 3.63) is 11.4 Å². The molecule has 1 aromatic heterocycles. The van der Waals surface area contributed by atoms with Crippen LogP contribution in [0.1, 0.15) is 49.9 Å². The van der Waals surface area contributed by atoms with E-state index >= 15 is 0 Å². The Morgan fingerprint density at radius 1 is 1.19 bits per heavy atom. The summed E-state index contributed by atoms with van der Waals surface area (Å²) in [6.07, 6.45) is 5.77. The maximum atomic E-state index is 13.1. The van der Waals surface area contributed by atoms with Crippen LogP contribution in [0.5, 0.6) is 0 Å². The molecule has 27 heavy (non-hydrogen) atoms. The Labute approximate surface area is 160 Å². The van der Waals surface area contributed by atoms with Crippen LogP contribution in [0.3, 0.4) is 0 Å². The zero-order valence-electron chi connectivity index (χ0n) is 16.0. The fourth-order valence-electron chi connectivity index (χ4n) is 4.92. The first-order valence-corrected chi connectivity index (χ1v) is 11.4. The number of aryl methyl sites for hydroxylation is 2. The molecule has 3 saturated heterocycles. The van der Waals surface area contributed by atoms with E-state index in [0.29, 0.717) is 36.4 Å². The summed E-state index contributed by atoms with van der Waals surface area (Å²) >= 11 is 0. The molecular formula is C18H29N5O3S. The summed E-state index contributed by atoms with van der Waals surface area (Å²) in [5, 5.41) is 13.5. The summed E-state index contributed by atoms with van der Waals surface area (Å²) < 4.78 is 27.6. The third-order valence-electron chi connectivity index (χ3n) is 6.23. The van der Waals surface area contributed by atoms with E-state index in [-0.39, 0.29) is 29.3 Å². The van der Waals surface area contributed by atoms with E-state index in [4.69, 9.17) is 0 Å². The van der Waals surface area contributed by atoms with Gasteiger partial charge in [0.25, 0.3) is 0 Å². The Kier molecular flexibility index (Phi) is 5.02. The minimum absolute atomic E-state index is 0.00170. The van der Waals surface area contributed by atoms with Crippen LogP contribution in [-0.4, -0.2) is 60.0 Å². The molecule has 3 aliphatic heterocycles. The standard InChI is InChI=1S/C18H29N5O3S/c1-11-17(12(2)22-21-11)27(25,26)23-7-3-4-13(10-23)18(24)20-16-8-14-5-6-15(9-16)19-14/h13-16,19H,3-10H2,1-2H3,(H,20,24)(H,21,22). The van der Waals surface area contributed by atoms with E-state index in [1.54, 1.807) is 13.8 Å². The lowest BCUT2D eigenvalue weighted by atomic mass is 9.95. The van der Waals surface area contributed by atoms with Gasteiger partial charge in [-0.05, 0) is 52.4 Å².